The Hall–Kier alpha value is -2.41. The van der Waals surface area contributed by atoms with Gasteiger partial charge in [-0.25, -0.2) is 0 Å². The van der Waals surface area contributed by atoms with E-state index < -0.39 is 10.8 Å². The van der Waals surface area contributed by atoms with E-state index in [9.17, 15) is 14.9 Å². The zero-order valence-corrected chi connectivity index (χ0v) is 9.55. The van der Waals surface area contributed by atoms with Gasteiger partial charge in [0.2, 0.25) is 0 Å². The summed E-state index contributed by atoms with van der Waals surface area (Å²) in [7, 11) is 0. The van der Waals surface area contributed by atoms with E-state index in [0.717, 1.165) is 6.07 Å². The van der Waals surface area contributed by atoms with Crippen molar-refractivity contribution in [3.63, 3.8) is 0 Å². The quantitative estimate of drug-likeness (QED) is 0.680. The zero-order valence-electron chi connectivity index (χ0n) is 8.79. The summed E-state index contributed by atoms with van der Waals surface area (Å²) in [6.07, 6.45) is 1.30. The first-order valence-corrected chi connectivity index (χ1v) is 5.11. The van der Waals surface area contributed by atoms with E-state index in [4.69, 9.17) is 11.6 Å². The number of anilines is 1. The molecular formula is C10H6ClN3O4. The van der Waals surface area contributed by atoms with Crippen LogP contribution < -0.4 is 5.32 Å². The second-order valence-corrected chi connectivity index (χ2v) is 3.67. The molecule has 0 bridgehead atoms. The molecule has 1 heterocycles. The van der Waals surface area contributed by atoms with Crippen LogP contribution in [-0.2, 0) is 0 Å². The summed E-state index contributed by atoms with van der Waals surface area (Å²) in [4.78, 5) is 21.7. The van der Waals surface area contributed by atoms with Crippen LogP contribution in [0.2, 0.25) is 5.02 Å². The van der Waals surface area contributed by atoms with Gasteiger partial charge in [-0.15, -0.1) is 0 Å². The van der Waals surface area contributed by atoms with Crippen LogP contribution in [0.25, 0.3) is 0 Å². The van der Waals surface area contributed by atoms with Crippen LogP contribution in [0.4, 0.5) is 11.5 Å². The second-order valence-electron chi connectivity index (χ2n) is 3.26. The molecule has 7 nitrogen and oxygen atoms in total. The number of hydrogen-bond donors (Lipinski definition) is 1. The van der Waals surface area contributed by atoms with Crippen LogP contribution in [0.3, 0.4) is 0 Å². The number of carbonyl (C=O) groups is 1. The van der Waals surface area contributed by atoms with Gasteiger partial charge in [0.15, 0.2) is 5.82 Å². The van der Waals surface area contributed by atoms with E-state index in [1.165, 1.54) is 24.5 Å². The molecule has 0 spiro atoms. The van der Waals surface area contributed by atoms with Crippen molar-refractivity contribution in [2.75, 3.05) is 5.32 Å². The van der Waals surface area contributed by atoms with Crippen LogP contribution in [0, 0.1) is 10.1 Å². The first-order valence-electron chi connectivity index (χ1n) is 4.73. The van der Waals surface area contributed by atoms with Gasteiger partial charge in [0, 0.05) is 18.2 Å². The molecule has 1 amide bonds. The molecule has 92 valence electrons. The Balaban J connectivity index is 2.23. The number of nitrogens with zero attached hydrogens (tertiary/aromatic N) is 2. The summed E-state index contributed by atoms with van der Waals surface area (Å²) in [6.45, 7) is 0. The highest BCUT2D eigenvalue weighted by Gasteiger charge is 2.15. The van der Waals surface area contributed by atoms with Gasteiger partial charge in [-0.05, 0) is 6.07 Å². The predicted octanol–water partition coefficient (Wildman–Crippen LogP) is 2.49. The molecular weight excluding hydrogens is 262 g/mol. The molecule has 0 saturated carbocycles. The topological polar surface area (TPSA) is 98.3 Å². The fourth-order valence-corrected chi connectivity index (χ4v) is 1.52. The minimum absolute atomic E-state index is 0.00908. The lowest BCUT2D eigenvalue weighted by Gasteiger charge is -2.03. The minimum atomic E-state index is -0.592. The third-order valence-electron chi connectivity index (χ3n) is 2.09. The molecule has 0 aliphatic carbocycles. The summed E-state index contributed by atoms with van der Waals surface area (Å²) in [5.74, 6) is -0.293. The van der Waals surface area contributed by atoms with Crippen LogP contribution >= 0.6 is 11.6 Å². The van der Waals surface area contributed by atoms with E-state index in [1.807, 2.05) is 0 Å². The molecule has 0 fully saturated rings. The van der Waals surface area contributed by atoms with Crippen molar-refractivity contribution in [1.29, 1.82) is 0 Å². The fraction of sp³-hybridized carbons (Fsp3) is 0. The number of halogens is 1. The number of nitro benzene ring substituents is 1. The van der Waals surface area contributed by atoms with Crippen molar-refractivity contribution in [2.24, 2.45) is 0 Å². The molecule has 0 saturated heterocycles. The van der Waals surface area contributed by atoms with E-state index in [0.29, 0.717) is 0 Å². The Morgan fingerprint density at radius 1 is 1.44 bits per heavy atom. The van der Waals surface area contributed by atoms with Crippen molar-refractivity contribution < 1.29 is 14.2 Å². The highest BCUT2D eigenvalue weighted by atomic mass is 35.5. The number of carbonyl (C=O) groups excluding carboxylic acids is 1. The molecule has 0 atom stereocenters. The van der Waals surface area contributed by atoms with Crippen molar-refractivity contribution in [1.82, 2.24) is 5.16 Å². The van der Waals surface area contributed by atoms with Crippen molar-refractivity contribution in [3.8, 4) is 0 Å². The third kappa shape index (κ3) is 2.46. The Morgan fingerprint density at radius 3 is 2.78 bits per heavy atom. The lowest BCUT2D eigenvalue weighted by molar-refractivity contribution is -0.384. The van der Waals surface area contributed by atoms with Gasteiger partial charge in [0.05, 0.1) is 15.5 Å². The monoisotopic (exact) mass is 267 g/mol. The average molecular weight is 268 g/mol. The first kappa shape index (κ1) is 12.1. The Bertz CT molecular complexity index is 597. The summed E-state index contributed by atoms with van der Waals surface area (Å²) in [5, 5.41) is 16.4. The lowest BCUT2D eigenvalue weighted by Crippen LogP contribution is -2.12. The standard InChI is InChI=1S/C10H6ClN3O4/c11-8-5-6(14(16)17)1-2-7(8)10(15)12-9-3-4-18-13-9/h1-5H,(H,12,13,15). The van der Waals surface area contributed by atoms with Gasteiger partial charge in [-0.2, -0.15) is 0 Å². The maximum atomic E-state index is 11.8. The average Bonchev–Trinajstić information content (AvgIpc) is 2.81. The van der Waals surface area contributed by atoms with Crippen molar-refractivity contribution in [2.45, 2.75) is 0 Å². The lowest BCUT2D eigenvalue weighted by atomic mass is 10.2. The highest BCUT2D eigenvalue weighted by Crippen LogP contribution is 2.23. The Morgan fingerprint density at radius 2 is 2.22 bits per heavy atom. The second kappa shape index (κ2) is 4.84. The number of non-ortho nitro benzene ring substituents is 1. The van der Waals surface area contributed by atoms with E-state index in [1.54, 1.807) is 0 Å². The van der Waals surface area contributed by atoms with Crippen LogP contribution in [-0.4, -0.2) is 16.0 Å². The molecule has 2 rings (SSSR count). The molecule has 1 N–H and O–H groups in total. The largest absolute Gasteiger partial charge is 0.363 e. The predicted molar refractivity (Wildman–Crippen MR) is 62.6 cm³/mol. The third-order valence-corrected chi connectivity index (χ3v) is 2.40. The molecule has 8 heteroatoms. The molecule has 1 aromatic heterocycles. The molecule has 18 heavy (non-hydrogen) atoms. The van der Waals surface area contributed by atoms with Crippen molar-refractivity contribution in [3.05, 3.63) is 51.2 Å². The normalized spacial score (nSPS) is 10.1. The number of amides is 1. The van der Waals surface area contributed by atoms with Gasteiger partial charge in [0.25, 0.3) is 11.6 Å². The van der Waals surface area contributed by atoms with Crippen LogP contribution in [0.15, 0.2) is 35.1 Å². The van der Waals surface area contributed by atoms with Crippen molar-refractivity contribution >= 4 is 29.0 Å². The maximum Gasteiger partial charge on any atom is 0.270 e. The molecule has 2 aromatic rings. The maximum absolute atomic E-state index is 11.8. The number of nitrogens with one attached hydrogen (secondary N) is 1. The first-order chi connectivity index (χ1) is 8.58. The molecule has 0 aliphatic rings. The highest BCUT2D eigenvalue weighted by molar-refractivity contribution is 6.34. The van der Waals surface area contributed by atoms with E-state index >= 15 is 0 Å². The van der Waals surface area contributed by atoms with Gasteiger partial charge in [-0.3, -0.25) is 14.9 Å². The van der Waals surface area contributed by atoms with Crippen LogP contribution in [0.5, 0.6) is 0 Å². The summed E-state index contributed by atoms with van der Waals surface area (Å²) < 4.78 is 4.55. The van der Waals surface area contributed by atoms with E-state index in [-0.39, 0.29) is 22.1 Å². The zero-order chi connectivity index (χ0) is 13.1. The summed E-state index contributed by atoms with van der Waals surface area (Å²) >= 11 is 5.80. The van der Waals surface area contributed by atoms with Gasteiger partial charge in [-0.1, -0.05) is 16.8 Å². The summed E-state index contributed by atoms with van der Waals surface area (Å²) in [5.41, 5.74) is -0.0664. The molecule has 0 unspecified atom stereocenters. The molecule has 1 aromatic carbocycles. The Kier molecular flexibility index (Phi) is 3.24. The molecule has 0 aliphatic heterocycles. The SMILES string of the molecule is O=C(Nc1ccon1)c1ccc([N+](=O)[O-])cc1Cl. The smallest absolute Gasteiger partial charge is 0.270 e. The van der Waals surface area contributed by atoms with Gasteiger partial charge >= 0.3 is 0 Å². The summed E-state index contributed by atoms with van der Waals surface area (Å²) in [6, 6.07) is 5.04. The number of nitro groups is 1. The van der Waals surface area contributed by atoms with Gasteiger partial charge in [0.1, 0.15) is 6.26 Å². The van der Waals surface area contributed by atoms with Crippen LogP contribution in [0.1, 0.15) is 10.4 Å². The number of aromatic nitrogens is 1. The van der Waals surface area contributed by atoms with E-state index in [2.05, 4.69) is 15.0 Å². The number of benzene rings is 1. The number of rotatable bonds is 3. The minimum Gasteiger partial charge on any atom is -0.363 e. The molecule has 0 radical (unpaired) electrons. The Labute approximate surface area is 105 Å². The van der Waals surface area contributed by atoms with Gasteiger partial charge < -0.3 is 9.84 Å². The fourth-order valence-electron chi connectivity index (χ4n) is 1.26. The number of hydrogen-bond acceptors (Lipinski definition) is 5.